The Hall–Kier alpha value is -2.01. The van der Waals surface area contributed by atoms with Crippen molar-refractivity contribution in [1.29, 1.82) is 0 Å². The van der Waals surface area contributed by atoms with Gasteiger partial charge in [-0.1, -0.05) is 53.9 Å². The smallest absolute Gasteiger partial charge is 0.287 e. The Morgan fingerprint density at radius 3 is 2.36 bits per heavy atom. The van der Waals surface area contributed by atoms with Gasteiger partial charge in [0.1, 0.15) is 0 Å². The van der Waals surface area contributed by atoms with Gasteiger partial charge in [-0.25, -0.2) is 4.98 Å². The maximum absolute atomic E-state index is 12.8. The molecule has 2 aromatic carbocycles. The molecule has 0 spiro atoms. The highest BCUT2D eigenvalue weighted by Crippen LogP contribution is 2.37. The minimum Gasteiger partial charge on any atom is -0.347 e. The van der Waals surface area contributed by atoms with Gasteiger partial charge in [0.15, 0.2) is 5.82 Å². The highest BCUT2D eigenvalue weighted by molar-refractivity contribution is 6.36. The lowest BCUT2D eigenvalue weighted by molar-refractivity contribution is 0.0926. The molecule has 0 aliphatic rings. The van der Waals surface area contributed by atoms with E-state index in [2.05, 4.69) is 10.3 Å². The third-order valence-electron chi connectivity index (χ3n) is 4.59. The molecule has 1 amide bonds. The summed E-state index contributed by atoms with van der Waals surface area (Å²) in [5, 5.41) is 4.60. The van der Waals surface area contributed by atoms with E-state index in [1.807, 2.05) is 39.1 Å². The quantitative estimate of drug-likeness (QED) is 0.514. The maximum Gasteiger partial charge on any atom is 0.287 e. The van der Waals surface area contributed by atoms with E-state index >= 15 is 0 Å². The van der Waals surface area contributed by atoms with Crippen LogP contribution in [0.1, 0.15) is 30.9 Å². The molecule has 1 atom stereocenters. The Bertz CT molecular complexity index is 1010. The van der Waals surface area contributed by atoms with Gasteiger partial charge in [-0.05, 0) is 43.7 Å². The number of halogens is 3. The van der Waals surface area contributed by atoms with Crippen LogP contribution in [0.25, 0.3) is 22.5 Å². The number of rotatable bonds is 5. The lowest BCUT2D eigenvalue weighted by atomic mass is 10.0. The van der Waals surface area contributed by atoms with Gasteiger partial charge < -0.3 is 9.88 Å². The number of carbonyl (C=O) groups is 1. The van der Waals surface area contributed by atoms with Crippen LogP contribution in [-0.2, 0) is 7.05 Å². The zero-order valence-corrected chi connectivity index (χ0v) is 18.0. The van der Waals surface area contributed by atoms with Gasteiger partial charge in [0.05, 0.1) is 16.4 Å². The molecule has 0 aliphatic carbocycles. The average molecular weight is 437 g/mol. The summed E-state index contributed by atoms with van der Waals surface area (Å²) in [5.41, 5.74) is 2.97. The van der Waals surface area contributed by atoms with Gasteiger partial charge >= 0.3 is 0 Å². The number of nitrogens with zero attached hydrogens (tertiary/aromatic N) is 2. The summed E-state index contributed by atoms with van der Waals surface area (Å²) in [4.78, 5) is 17.4. The Balaban J connectivity index is 2.20. The van der Waals surface area contributed by atoms with Gasteiger partial charge in [0, 0.05) is 34.3 Å². The van der Waals surface area contributed by atoms with E-state index in [4.69, 9.17) is 34.8 Å². The highest BCUT2D eigenvalue weighted by Gasteiger charge is 2.24. The number of hydrogen-bond acceptors (Lipinski definition) is 2. The molecule has 0 saturated carbocycles. The highest BCUT2D eigenvalue weighted by atomic mass is 35.5. The Labute approximate surface area is 179 Å². The fourth-order valence-corrected chi connectivity index (χ4v) is 3.52. The van der Waals surface area contributed by atoms with E-state index in [-0.39, 0.29) is 11.9 Å². The predicted octanol–water partition coefficient (Wildman–Crippen LogP) is 6.24. The molecule has 0 saturated heterocycles. The second-order valence-corrected chi connectivity index (χ2v) is 7.89. The van der Waals surface area contributed by atoms with Crippen LogP contribution in [0.3, 0.4) is 0 Å². The Morgan fingerprint density at radius 2 is 1.75 bits per heavy atom. The van der Waals surface area contributed by atoms with Crippen molar-refractivity contribution in [1.82, 2.24) is 14.9 Å². The fourth-order valence-electron chi connectivity index (χ4n) is 2.90. The largest absolute Gasteiger partial charge is 0.347 e. The first-order valence-corrected chi connectivity index (χ1v) is 10.0. The van der Waals surface area contributed by atoms with Crippen molar-refractivity contribution < 1.29 is 4.79 Å². The van der Waals surface area contributed by atoms with Crippen LogP contribution in [0.2, 0.25) is 15.1 Å². The number of benzene rings is 2. The maximum atomic E-state index is 12.8. The van der Waals surface area contributed by atoms with Crippen LogP contribution in [0, 0.1) is 0 Å². The van der Waals surface area contributed by atoms with Gasteiger partial charge in [0.25, 0.3) is 5.91 Å². The fraction of sp³-hybridized carbons (Fsp3) is 0.238. The molecule has 1 N–H and O–H groups in total. The van der Waals surface area contributed by atoms with E-state index in [9.17, 15) is 4.79 Å². The third kappa shape index (κ3) is 4.19. The topological polar surface area (TPSA) is 46.9 Å². The molecule has 3 aromatic rings. The number of imidazole rings is 1. The molecule has 1 aromatic heterocycles. The van der Waals surface area contributed by atoms with Crippen molar-refractivity contribution in [3.8, 4) is 22.5 Å². The lowest BCUT2D eigenvalue weighted by Gasteiger charge is -2.12. The first-order chi connectivity index (χ1) is 13.3. The summed E-state index contributed by atoms with van der Waals surface area (Å²) in [6.45, 7) is 3.97. The van der Waals surface area contributed by atoms with Crippen LogP contribution in [0.5, 0.6) is 0 Å². The molecule has 1 heterocycles. The van der Waals surface area contributed by atoms with Crippen LogP contribution in [0.15, 0.2) is 42.5 Å². The zero-order chi connectivity index (χ0) is 20.4. The number of nitrogens with one attached hydrogen (secondary N) is 1. The SMILES string of the molecule is CCC(C)NC(=O)c1nc(-c2ccc(Cl)cc2Cl)c(-c2ccc(Cl)cc2)n1C. The molecule has 0 radical (unpaired) electrons. The summed E-state index contributed by atoms with van der Waals surface area (Å²) in [6.07, 6.45) is 0.829. The molecule has 7 heteroatoms. The Morgan fingerprint density at radius 1 is 1.11 bits per heavy atom. The summed E-state index contributed by atoms with van der Waals surface area (Å²) in [5.74, 6) is 0.0784. The number of carbonyl (C=O) groups excluding carboxylic acids is 1. The molecular formula is C21H20Cl3N3O. The van der Waals surface area contributed by atoms with Crippen LogP contribution in [0.4, 0.5) is 0 Å². The van der Waals surface area contributed by atoms with Gasteiger partial charge in [-0.3, -0.25) is 4.79 Å². The minimum absolute atomic E-state index is 0.0470. The van der Waals surface area contributed by atoms with E-state index in [0.717, 1.165) is 17.7 Å². The molecule has 0 bridgehead atoms. The number of amides is 1. The van der Waals surface area contributed by atoms with Crippen molar-refractivity contribution in [2.75, 3.05) is 0 Å². The van der Waals surface area contributed by atoms with Crippen LogP contribution >= 0.6 is 34.8 Å². The van der Waals surface area contributed by atoms with Crippen molar-refractivity contribution >= 4 is 40.7 Å². The van der Waals surface area contributed by atoms with Crippen molar-refractivity contribution in [3.63, 3.8) is 0 Å². The lowest BCUT2D eigenvalue weighted by Crippen LogP contribution is -2.33. The molecule has 146 valence electrons. The van der Waals surface area contributed by atoms with Crippen molar-refractivity contribution in [2.45, 2.75) is 26.3 Å². The van der Waals surface area contributed by atoms with Gasteiger partial charge in [0.2, 0.25) is 0 Å². The van der Waals surface area contributed by atoms with Gasteiger partial charge in [-0.15, -0.1) is 0 Å². The molecule has 4 nitrogen and oxygen atoms in total. The normalized spacial score (nSPS) is 12.1. The number of aromatic nitrogens is 2. The minimum atomic E-state index is -0.233. The average Bonchev–Trinajstić information content (AvgIpc) is 2.99. The molecule has 3 rings (SSSR count). The second-order valence-electron chi connectivity index (χ2n) is 6.61. The monoisotopic (exact) mass is 435 g/mol. The summed E-state index contributed by atoms with van der Waals surface area (Å²) in [7, 11) is 1.82. The summed E-state index contributed by atoms with van der Waals surface area (Å²) >= 11 is 18.5. The number of hydrogen-bond donors (Lipinski definition) is 1. The summed E-state index contributed by atoms with van der Waals surface area (Å²) in [6, 6.07) is 12.7. The zero-order valence-electron chi connectivity index (χ0n) is 15.8. The van der Waals surface area contributed by atoms with E-state index in [1.165, 1.54) is 0 Å². The third-order valence-corrected chi connectivity index (χ3v) is 5.39. The van der Waals surface area contributed by atoms with Gasteiger partial charge in [-0.2, -0.15) is 0 Å². The second kappa shape index (κ2) is 8.56. The van der Waals surface area contributed by atoms with Crippen LogP contribution < -0.4 is 5.32 Å². The first-order valence-electron chi connectivity index (χ1n) is 8.90. The van der Waals surface area contributed by atoms with Crippen LogP contribution in [-0.4, -0.2) is 21.5 Å². The van der Waals surface area contributed by atoms with Crippen molar-refractivity contribution in [2.24, 2.45) is 7.05 Å². The summed E-state index contributed by atoms with van der Waals surface area (Å²) < 4.78 is 1.78. The molecular weight excluding hydrogens is 417 g/mol. The molecule has 1 unspecified atom stereocenters. The molecule has 0 aliphatic heterocycles. The first kappa shape index (κ1) is 20.7. The van der Waals surface area contributed by atoms with E-state index < -0.39 is 0 Å². The standard InChI is InChI=1S/C21H20Cl3N3O/c1-4-12(2)25-21(28)20-26-18(16-10-9-15(23)11-17(16)24)19(27(20)3)13-5-7-14(22)8-6-13/h5-12H,4H2,1-3H3,(H,25,28). The predicted molar refractivity (Wildman–Crippen MR) is 116 cm³/mol. The van der Waals surface area contributed by atoms with E-state index in [1.54, 1.807) is 28.8 Å². The molecule has 28 heavy (non-hydrogen) atoms. The van der Waals surface area contributed by atoms with Crippen molar-refractivity contribution in [3.05, 3.63) is 63.4 Å². The van der Waals surface area contributed by atoms with E-state index in [0.29, 0.717) is 32.1 Å². The molecule has 0 fully saturated rings. The Kier molecular flexibility index (Phi) is 6.33.